The highest BCUT2D eigenvalue weighted by atomic mass is 16.5. The normalized spacial score (nSPS) is 18.9. The zero-order chi connectivity index (χ0) is 23.4. The first-order valence-corrected chi connectivity index (χ1v) is 11.5. The summed E-state index contributed by atoms with van der Waals surface area (Å²) in [6, 6.07) is 7.80. The lowest BCUT2D eigenvalue weighted by molar-refractivity contribution is -0.123. The number of rotatable bonds is 6. The van der Waals surface area contributed by atoms with Crippen molar-refractivity contribution in [2.75, 3.05) is 18.6 Å². The van der Waals surface area contributed by atoms with E-state index in [4.69, 9.17) is 9.47 Å². The van der Waals surface area contributed by atoms with E-state index in [0.717, 1.165) is 25.7 Å². The van der Waals surface area contributed by atoms with Crippen LogP contribution in [0, 0.1) is 0 Å². The van der Waals surface area contributed by atoms with Gasteiger partial charge in [0, 0.05) is 17.8 Å². The lowest BCUT2D eigenvalue weighted by Gasteiger charge is -2.35. The van der Waals surface area contributed by atoms with Crippen molar-refractivity contribution in [3.05, 3.63) is 41.7 Å². The van der Waals surface area contributed by atoms with Crippen molar-refractivity contribution in [3.63, 3.8) is 0 Å². The predicted octanol–water partition coefficient (Wildman–Crippen LogP) is 2.94. The van der Waals surface area contributed by atoms with Crippen LogP contribution in [0.15, 0.2) is 30.3 Å². The molecule has 1 aromatic carbocycles. The van der Waals surface area contributed by atoms with Gasteiger partial charge in [0.25, 0.3) is 5.91 Å². The number of fused-ring (bicyclic) bond motifs is 1. The lowest BCUT2D eigenvalue weighted by Crippen LogP contribution is -2.57. The molecular formula is C24H30N4O5. The first-order chi connectivity index (χ1) is 16.0. The van der Waals surface area contributed by atoms with Gasteiger partial charge in [0.05, 0.1) is 20.3 Å². The summed E-state index contributed by atoms with van der Waals surface area (Å²) in [6.45, 7) is 2.57. The van der Waals surface area contributed by atoms with Crippen molar-refractivity contribution in [2.24, 2.45) is 0 Å². The maximum absolute atomic E-state index is 13.5. The largest absolute Gasteiger partial charge is 0.494 e. The van der Waals surface area contributed by atoms with Gasteiger partial charge in [0.15, 0.2) is 5.69 Å². The first kappa shape index (κ1) is 22.8. The maximum Gasteiger partial charge on any atom is 0.358 e. The van der Waals surface area contributed by atoms with Crippen LogP contribution in [0.5, 0.6) is 5.75 Å². The Morgan fingerprint density at radius 2 is 1.82 bits per heavy atom. The summed E-state index contributed by atoms with van der Waals surface area (Å²) in [5.74, 6) is -0.557. The second-order valence-corrected chi connectivity index (χ2v) is 8.40. The molecule has 2 aromatic rings. The number of carbonyl (C=O) groups is 3. The van der Waals surface area contributed by atoms with Gasteiger partial charge < -0.3 is 14.8 Å². The SMILES string of the molecule is CCOc1ccc(N2C(=O)c3cc(C(=O)OC)nn3CC2C(=O)NC2CCCCCC2)cc1. The van der Waals surface area contributed by atoms with Gasteiger partial charge in [0.2, 0.25) is 5.91 Å². The van der Waals surface area contributed by atoms with Crippen LogP contribution in [0.2, 0.25) is 0 Å². The molecule has 1 aliphatic heterocycles. The van der Waals surface area contributed by atoms with Crippen molar-refractivity contribution in [1.29, 1.82) is 0 Å². The van der Waals surface area contributed by atoms with Crippen LogP contribution in [0.3, 0.4) is 0 Å². The molecule has 9 nitrogen and oxygen atoms in total. The average molecular weight is 455 g/mol. The van der Waals surface area contributed by atoms with Gasteiger partial charge in [-0.3, -0.25) is 19.2 Å². The van der Waals surface area contributed by atoms with Gasteiger partial charge in [-0.2, -0.15) is 5.10 Å². The van der Waals surface area contributed by atoms with E-state index in [2.05, 4.69) is 10.4 Å². The third-order valence-corrected chi connectivity index (χ3v) is 6.20. The van der Waals surface area contributed by atoms with E-state index in [1.165, 1.54) is 35.6 Å². The van der Waals surface area contributed by atoms with Crippen molar-refractivity contribution >= 4 is 23.5 Å². The van der Waals surface area contributed by atoms with Crippen LogP contribution in [0.1, 0.15) is 66.4 Å². The molecular weight excluding hydrogens is 424 g/mol. The van der Waals surface area contributed by atoms with Crippen molar-refractivity contribution in [3.8, 4) is 5.75 Å². The van der Waals surface area contributed by atoms with Gasteiger partial charge in [-0.15, -0.1) is 0 Å². The standard InChI is InChI=1S/C24H30N4O5/c1-3-33-18-12-10-17(11-13-18)28-21(22(29)25-16-8-6-4-5-7-9-16)15-27-20(23(28)30)14-19(26-27)24(31)32-2/h10-14,16,21H,3-9,15H2,1-2H3,(H,25,29). The summed E-state index contributed by atoms with van der Waals surface area (Å²) < 4.78 is 11.7. The molecule has 4 rings (SSSR count). The van der Waals surface area contributed by atoms with Crippen LogP contribution in [-0.4, -0.2) is 53.4 Å². The summed E-state index contributed by atoms with van der Waals surface area (Å²) in [5, 5.41) is 7.39. The zero-order valence-electron chi connectivity index (χ0n) is 19.1. The number of methoxy groups -OCH3 is 1. The smallest absolute Gasteiger partial charge is 0.358 e. The van der Waals surface area contributed by atoms with Gasteiger partial charge in [-0.1, -0.05) is 25.7 Å². The summed E-state index contributed by atoms with van der Waals surface area (Å²) >= 11 is 0. The van der Waals surface area contributed by atoms with E-state index < -0.39 is 17.9 Å². The molecule has 2 amide bonds. The number of nitrogens with zero attached hydrogens (tertiary/aromatic N) is 3. The zero-order valence-corrected chi connectivity index (χ0v) is 19.1. The Hall–Kier alpha value is -3.36. The molecule has 0 bridgehead atoms. The van der Waals surface area contributed by atoms with Gasteiger partial charge in [-0.25, -0.2) is 4.79 Å². The predicted molar refractivity (Wildman–Crippen MR) is 121 cm³/mol. The maximum atomic E-state index is 13.5. The molecule has 0 saturated heterocycles. The number of anilines is 1. The number of esters is 1. The van der Waals surface area contributed by atoms with E-state index in [0.29, 0.717) is 18.0 Å². The Morgan fingerprint density at radius 3 is 2.45 bits per heavy atom. The Bertz CT molecular complexity index is 1010. The minimum Gasteiger partial charge on any atom is -0.494 e. The molecule has 176 valence electrons. The number of benzene rings is 1. The molecule has 2 aliphatic rings. The molecule has 0 spiro atoms. The minimum atomic E-state index is -0.795. The second kappa shape index (κ2) is 10.1. The highest BCUT2D eigenvalue weighted by molar-refractivity contribution is 6.10. The first-order valence-electron chi connectivity index (χ1n) is 11.5. The highest BCUT2D eigenvalue weighted by Gasteiger charge is 2.40. The third kappa shape index (κ3) is 4.86. The number of hydrogen-bond donors (Lipinski definition) is 1. The molecule has 0 radical (unpaired) electrons. The van der Waals surface area contributed by atoms with Crippen LogP contribution in [0.4, 0.5) is 5.69 Å². The van der Waals surface area contributed by atoms with E-state index in [-0.39, 0.29) is 29.9 Å². The summed E-state index contributed by atoms with van der Waals surface area (Å²) in [5.41, 5.74) is 0.858. The summed E-state index contributed by atoms with van der Waals surface area (Å²) in [4.78, 5) is 40.4. The van der Waals surface area contributed by atoms with Crippen molar-refractivity contribution in [2.45, 2.75) is 64.1 Å². The van der Waals surface area contributed by atoms with Crippen LogP contribution < -0.4 is 15.0 Å². The van der Waals surface area contributed by atoms with Crippen LogP contribution in [0.25, 0.3) is 0 Å². The number of aromatic nitrogens is 2. The molecule has 1 N–H and O–H groups in total. The van der Waals surface area contributed by atoms with E-state index in [1.54, 1.807) is 24.3 Å². The van der Waals surface area contributed by atoms with E-state index in [9.17, 15) is 14.4 Å². The van der Waals surface area contributed by atoms with Crippen molar-refractivity contribution in [1.82, 2.24) is 15.1 Å². The van der Waals surface area contributed by atoms with E-state index >= 15 is 0 Å². The van der Waals surface area contributed by atoms with Gasteiger partial charge in [-0.05, 0) is 44.0 Å². The van der Waals surface area contributed by atoms with Gasteiger partial charge >= 0.3 is 5.97 Å². The molecule has 1 aliphatic carbocycles. The molecule has 1 unspecified atom stereocenters. The van der Waals surface area contributed by atoms with Crippen LogP contribution >= 0.6 is 0 Å². The average Bonchev–Trinajstić information content (AvgIpc) is 3.10. The fourth-order valence-corrected chi connectivity index (χ4v) is 4.53. The number of nitrogens with one attached hydrogen (secondary N) is 1. The van der Waals surface area contributed by atoms with E-state index in [1.807, 2.05) is 6.92 Å². The minimum absolute atomic E-state index is 0.0392. The molecule has 1 fully saturated rings. The molecule has 9 heteroatoms. The van der Waals surface area contributed by atoms with Crippen LogP contribution in [-0.2, 0) is 16.1 Å². The molecule has 1 atom stereocenters. The Labute approximate surface area is 193 Å². The fourth-order valence-electron chi connectivity index (χ4n) is 4.53. The Morgan fingerprint density at radius 1 is 1.12 bits per heavy atom. The topological polar surface area (TPSA) is 103 Å². The fraction of sp³-hybridized carbons (Fsp3) is 0.500. The summed E-state index contributed by atoms with van der Waals surface area (Å²) in [6.07, 6.45) is 6.41. The monoisotopic (exact) mass is 454 g/mol. The number of carbonyl (C=O) groups excluding carboxylic acids is 3. The number of ether oxygens (including phenoxy) is 2. The van der Waals surface area contributed by atoms with Crippen molar-refractivity contribution < 1.29 is 23.9 Å². The molecule has 1 aromatic heterocycles. The Kier molecular flexibility index (Phi) is 6.96. The third-order valence-electron chi connectivity index (χ3n) is 6.20. The van der Waals surface area contributed by atoms with Gasteiger partial charge in [0.1, 0.15) is 17.5 Å². The summed E-state index contributed by atoms with van der Waals surface area (Å²) in [7, 11) is 1.26. The molecule has 1 saturated carbocycles. The highest BCUT2D eigenvalue weighted by Crippen LogP contribution is 2.28. The second-order valence-electron chi connectivity index (χ2n) is 8.40. The molecule has 33 heavy (non-hydrogen) atoms. The molecule has 2 heterocycles. The quantitative estimate of drug-likeness (QED) is 0.532. The number of hydrogen-bond acceptors (Lipinski definition) is 6. The number of amides is 2. The lowest BCUT2D eigenvalue weighted by atomic mass is 10.1. The Balaban J connectivity index is 1.66.